The number of benzene rings is 2. The Morgan fingerprint density at radius 3 is 2.57 bits per heavy atom. The van der Waals surface area contributed by atoms with Gasteiger partial charge in [-0.15, -0.1) is 0 Å². The third-order valence-electron chi connectivity index (χ3n) is 3.33. The van der Waals surface area contributed by atoms with Crippen LogP contribution in [0.2, 0.25) is 5.02 Å². The van der Waals surface area contributed by atoms with Gasteiger partial charge in [0, 0.05) is 15.9 Å². The zero-order chi connectivity index (χ0) is 15.0. The lowest BCUT2D eigenvalue weighted by atomic mass is 10.0. The van der Waals surface area contributed by atoms with Crippen LogP contribution in [0.3, 0.4) is 0 Å². The summed E-state index contributed by atoms with van der Waals surface area (Å²) < 4.78 is 13.0. The average Bonchev–Trinajstić information content (AvgIpc) is 2.77. The number of carboxylic acid groups (broad SMARTS) is 1. The third-order valence-corrected chi connectivity index (χ3v) is 3.56. The highest BCUT2D eigenvalue weighted by atomic mass is 35.5. The Labute approximate surface area is 125 Å². The lowest BCUT2D eigenvalue weighted by Gasteiger charge is -2.03. The van der Waals surface area contributed by atoms with Crippen molar-refractivity contribution in [1.82, 2.24) is 4.98 Å². The van der Waals surface area contributed by atoms with Gasteiger partial charge in [-0.05, 0) is 53.6 Å². The van der Waals surface area contributed by atoms with E-state index in [9.17, 15) is 9.18 Å². The third kappa shape index (κ3) is 2.62. The van der Waals surface area contributed by atoms with Gasteiger partial charge in [0.15, 0.2) is 0 Å². The van der Waals surface area contributed by atoms with E-state index >= 15 is 0 Å². The average molecular weight is 304 g/mol. The molecule has 0 amide bonds. The zero-order valence-electron chi connectivity index (χ0n) is 10.9. The summed E-state index contributed by atoms with van der Waals surface area (Å²) in [5, 5.41) is 10.4. The van der Waals surface area contributed by atoms with Crippen molar-refractivity contribution in [2.45, 2.75) is 6.42 Å². The van der Waals surface area contributed by atoms with E-state index < -0.39 is 5.97 Å². The van der Waals surface area contributed by atoms with E-state index in [0.717, 1.165) is 16.5 Å². The van der Waals surface area contributed by atoms with E-state index in [0.29, 0.717) is 16.3 Å². The summed E-state index contributed by atoms with van der Waals surface area (Å²) in [6.07, 6.45) is -0.132. The van der Waals surface area contributed by atoms with Crippen LogP contribution in [0.5, 0.6) is 0 Å². The van der Waals surface area contributed by atoms with E-state index in [1.165, 1.54) is 12.1 Å². The van der Waals surface area contributed by atoms with Crippen LogP contribution in [0.25, 0.3) is 22.2 Å². The van der Waals surface area contributed by atoms with Gasteiger partial charge in [0.2, 0.25) is 0 Å². The number of aromatic amines is 1. The van der Waals surface area contributed by atoms with Crippen molar-refractivity contribution < 1.29 is 14.3 Å². The second-order valence-corrected chi connectivity index (χ2v) is 5.18. The first-order valence-corrected chi connectivity index (χ1v) is 6.70. The quantitative estimate of drug-likeness (QED) is 0.760. The van der Waals surface area contributed by atoms with Crippen molar-refractivity contribution in [3.05, 3.63) is 58.9 Å². The monoisotopic (exact) mass is 303 g/mol. The molecule has 1 heterocycles. The van der Waals surface area contributed by atoms with Crippen molar-refractivity contribution >= 4 is 28.5 Å². The summed E-state index contributed by atoms with van der Waals surface area (Å²) in [5.41, 5.74) is 2.86. The van der Waals surface area contributed by atoms with Crippen molar-refractivity contribution in [2.75, 3.05) is 0 Å². The number of carboxylic acids is 1. The number of hydrogen-bond donors (Lipinski definition) is 2. The van der Waals surface area contributed by atoms with Crippen LogP contribution in [0.15, 0.2) is 42.5 Å². The second kappa shape index (κ2) is 5.22. The molecule has 0 aliphatic heterocycles. The summed E-state index contributed by atoms with van der Waals surface area (Å²) in [4.78, 5) is 14.3. The number of carbonyl (C=O) groups is 1. The van der Waals surface area contributed by atoms with Crippen molar-refractivity contribution in [3.8, 4) is 11.3 Å². The number of hydrogen-bond acceptors (Lipinski definition) is 1. The highest BCUT2D eigenvalue weighted by molar-refractivity contribution is 6.31. The number of fused-ring (bicyclic) bond motifs is 1. The summed E-state index contributed by atoms with van der Waals surface area (Å²) in [7, 11) is 0. The molecule has 0 bridgehead atoms. The summed E-state index contributed by atoms with van der Waals surface area (Å²) in [5.74, 6) is -1.27. The number of aliphatic carboxylic acids is 1. The fourth-order valence-electron chi connectivity index (χ4n) is 2.42. The first-order chi connectivity index (χ1) is 10.0. The number of H-pyrrole nitrogens is 1. The largest absolute Gasteiger partial charge is 0.481 e. The van der Waals surface area contributed by atoms with Gasteiger partial charge < -0.3 is 10.1 Å². The molecule has 0 saturated carbocycles. The standard InChI is InChI=1S/C16H11ClFNO2/c17-10-3-6-14-12(7-10)13(8-15(20)21)16(19-14)9-1-4-11(18)5-2-9/h1-7,19H,8H2,(H,20,21). The number of aromatic nitrogens is 1. The molecule has 106 valence electrons. The molecule has 5 heteroatoms. The van der Waals surface area contributed by atoms with E-state index in [1.807, 2.05) is 0 Å². The predicted octanol–water partition coefficient (Wildman–Crippen LogP) is 4.25. The molecule has 3 nitrogen and oxygen atoms in total. The van der Waals surface area contributed by atoms with E-state index in [-0.39, 0.29) is 12.2 Å². The fourth-order valence-corrected chi connectivity index (χ4v) is 2.59. The minimum Gasteiger partial charge on any atom is -0.481 e. The maximum absolute atomic E-state index is 13.0. The smallest absolute Gasteiger partial charge is 0.307 e. The number of nitrogens with one attached hydrogen (secondary N) is 1. The van der Waals surface area contributed by atoms with Gasteiger partial charge in [-0.3, -0.25) is 4.79 Å². The molecule has 0 unspecified atom stereocenters. The van der Waals surface area contributed by atoms with Gasteiger partial charge in [0.1, 0.15) is 5.82 Å². The molecule has 2 aromatic carbocycles. The highest BCUT2D eigenvalue weighted by Gasteiger charge is 2.16. The number of rotatable bonds is 3. The topological polar surface area (TPSA) is 53.1 Å². The Morgan fingerprint density at radius 1 is 1.19 bits per heavy atom. The van der Waals surface area contributed by atoms with Gasteiger partial charge in [-0.1, -0.05) is 11.6 Å². The Balaban J connectivity index is 2.25. The lowest BCUT2D eigenvalue weighted by molar-refractivity contribution is -0.136. The van der Waals surface area contributed by atoms with Crippen LogP contribution in [-0.2, 0) is 11.2 Å². The van der Waals surface area contributed by atoms with Crippen molar-refractivity contribution in [3.63, 3.8) is 0 Å². The zero-order valence-corrected chi connectivity index (χ0v) is 11.6. The van der Waals surface area contributed by atoms with Crippen LogP contribution < -0.4 is 0 Å². The minimum absolute atomic E-state index is 0.132. The first kappa shape index (κ1) is 13.6. The lowest BCUT2D eigenvalue weighted by Crippen LogP contribution is -2.00. The van der Waals surface area contributed by atoms with Gasteiger partial charge in [0.05, 0.1) is 12.1 Å². The maximum Gasteiger partial charge on any atom is 0.307 e. The molecule has 0 fully saturated rings. The van der Waals surface area contributed by atoms with Gasteiger partial charge in [0.25, 0.3) is 0 Å². The Morgan fingerprint density at radius 2 is 1.90 bits per heavy atom. The minimum atomic E-state index is -0.931. The van der Waals surface area contributed by atoms with Gasteiger partial charge in [-0.2, -0.15) is 0 Å². The molecule has 0 saturated heterocycles. The second-order valence-electron chi connectivity index (χ2n) is 4.75. The molecular formula is C16H11ClFNO2. The Kier molecular flexibility index (Phi) is 3.39. The van der Waals surface area contributed by atoms with Gasteiger partial charge >= 0.3 is 5.97 Å². The molecule has 0 radical (unpaired) electrons. The molecular weight excluding hydrogens is 293 g/mol. The SMILES string of the molecule is O=C(O)Cc1c(-c2ccc(F)cc2)[nH]c2ccc(Cl)cc12. The summed E-state index contributed by atoms with van der Waals surface area (Å²) >= 11 is 5.99. The molecule has 3 rings (SSSR count). The maximum atomic E-state index is 13.0. The normalized spacial score (nSPS) is 11.0. The molecule has 0 atom stereocenters. The van der Waals surface area contributed by atoms with Crippen LogP contribution in [0.1, 0.15) is 5.56 Å². The molecule has 21 heavy (non-hydrogen) atoms. The highest BCUT2D eigenvalue weighted by Crippen LogP contribution is 2.32. The van der Waals surface area contributed by atoms with E-state index in [1.54, 1.807) is 30.3 Å². The summed E-state index contributed by atoms with van der Waals surface area (Å²) in [6.45, 7) is 0. The molecule has 0 aliphatic rings. The molecule has 0 aliphatic carbocycles. The predicted molar refractivity (Wildman–Crippen MR) is 80.0 cm³/mol. The molecule has 3 aromatic rings. The van der Waals surface area contributed by atoms with Crippen LogP contribution in [-0.4, -0.2) is 16.1 Å². The van der Waals surface area contributed by atoms with Crippen LogP contribution >= 0.6 is 11.6 Å². The molecule has 2 N–H and O–H groups in total. The first-order valence-electron chi connectivity index (χ1n) is 6.32. The van der Waals surface area contributed by atoms with E-state index in [4.69, 9.17) is 16.7 Å². The molecule has 1 aromatic heterocycles. The summed E-state index contributed by atoms with van der Waals surface area (Å²) in [6, 6.07) is 11.2. The number of halogens is 2. The Hall–Kier alpha value is -2.33. The fraction of sp³-hybridized carbons (Fsp3) is 0.0625. The van der Waals surface area contributed by atoms with Crippen molar-refractivity contribution in [1.29, 1.82) is 0 Å². The van der Waals surface area contributed by atoms with Crippen LogP contribution in [0, 0.1) is 5.82 Å². The van der Waals surface area contributed by atoms with E-state index in [2.05, 4.69) is 4.98 Å². The van der Waals surface area contributed by atoms with Gasteiger partial charge in [-0.25, -0.2) is 4.39 Å². The van der Waals surface area contributed by atoms with Crippen molar-refractivity contribution in [2.24, 2.45) is 0 Å². The molecule has 0 spiro atoms. The Bertz CT molecular complexity index is 824. The van der Waals surface area contributed by atoms with Crippen LogP contribution in [0.4, 0.5) is 4.39 Å².